The van der Waals surface area contributed by atoms with Crippen LogP contribution in [0.4, 0.5) is 5.69 Å². The molecule has 0 aliphatic carbocycles. The van der Waals surface area contributed by atoms with Gasteiger partial charge < -0.3 is 14.8 Å². The van der Waals surface area contributed by atoms with E-state index in [-0.39, 0.29) is 12.3 Å². The highest BCUT2D eigenvalue weighted by Crippen LogP contribution is 2.32. The van der Waals surface area contributed by atoms with Crippen LogP contribution in [0, 0.1) is 0 Å². The monoisotopic (exact) mass is 267 g/mol. The van der Waals surface area contributed by atoms with Gasteiger partial charge in [0, 0.05) is 5.02 Å². The summed E-state index contributed by atoms with van der Waals surface area (Å²) in [6.07, 6.45) is 1.05. The molecule has 2 rings (SSSR count). The van der Waals surface area contributed by atoms with Gasteiger partial charge in [-0.2, -0.15) is 0 Å². The number of carbonyl (C=O) groups excluding carboxylic acids is 2. The molecule has 94 valence electrons. The molecule has 0 unspecified atom stereocenters. The number of halogens is 1. The number of ether oxygens (including phenoxy) is 2. The van der Waals surface area contributed by atoms with Crippen LogP contribution in [0.25, 0.3) is 0 Å². The molecular weight excluding hydrogens is 258 g/mol. The van der Waals surface area contributed by atoms with E-state index in [1.807, 2.05) is 0 Å². The molecule has 0 spiro atoms. The molecule has 0 fully saturated rings. The van der Waals surface area contributed by atoms with E-state index in [0.717, 1.165) is 6.08 Å². The molecule has 1 heterocycles. The van der Waals surface area contributed by atoms with Crippen LogP contribution in [0.5, 0.6) is 5.75 Å². The smallest absolute Gasteiger partial charge is 0.360 e. The third-order valence-corrected chi connectivity index (χ3v) is 2.42. The summed E-state index contributed by atoms with van der Waals surface area (Å²) >= 11 is 5.82. The minimum Gasteiger partial charge on any atom is -0.463 e. The van der Waals surface area contributed by atoms with Crippen molar-refractivity contribution in [1.29, 1.82) is 0 Å². The number of hydrogen-bond donors (Lipinski definition) is 1. The molecule has 0 saturated heterocycles. The van der Waals surface area contributed by atoms with Gasteiger partial charge in [-0.05, 0) is 25.1 Å². The van der Waals surface area contributed by atoms with Crippen molar-refractivity contribution >= 4 is 29.2 Å². The molecule has 1 aliphatic heterocycles. The van der Waals surface area contributed by atoms with Crippen molar-refractivity contribution in [3.8, 4) is 5.75 Å². The van der Waals surface area contributed by atoms with Crippen LogP contribution in [0.3, 0.4) is 0 Å². The largest absolute Gasteiger partial charge is 0.463 e. The standard InChI is InChI=1S/C12H10ClNO4/c1-2-17-11(15)6-9-12(16)18-10-4-3-7(13)5-8(10)14-9/h3-6,14H,2H2,1H3/b9-6-. The summed E-state index contributed by atoms with van der Waals surface area (Å²) in [5, 5.41) is 3.27. The Labute approximate surface area is 108 Å². The maximum absolute atomic E-state index is 11.6. The zero-order valence-corrected chi connectivity index (χ0v) is 10.3. The molecule has 0 saturated carbocycles. The lowest BCUT2D eigenvalue weighted by Crippen LogP contribution is -2.24. The van der Waals surface area contributed by atoms with Crippen molar-refractivity contribution in [3.63, 3.8) is 0 Å². The number of esters is 2. The predicted octanol–water partition coefficient (Wildman–Crippen LogP) is 2.12. The summed E-state index contributed by atoms with van der Waals surface area (Å²) in [5.74, 6) is -0.884. The topological polar surface area (TPSA) is 64.6 Å². The second-order valence-corrected chi connectivity index (χ2v) is 3.90. The first-order valence-electron chi connectivity index (χ1n) is 5.27. The van der Waals surface area contributed by atoms with Gasteiger partial charge in [0.25, 0.3) is 0 Å². The van der Waals surface area contributed by atoms with E-state index in [0.29, 0.717) is 16.5 Å². The summed E-state index contributed by atoms with van der Waals surface area (Å²) in [6, 6.07) is 4.78. The second kappa shape index (κ2) is 5.10. The van der Waals surface area contributed by atoms with Gasteiger partial charge in [-0.15, -0.1) is 0 Å². The number of hydrogen-bond acceptors (Lipinski definition) is 5. The molecule has 1 N–H and O–H groups in total. The van der Waals surface area contributed by atoms with Crippen molar-refractivity contribution in [2.75, 3.05) is 11.9 Å². The number of nitrogens with one attached hydrogen (secondary N) is 1. The highest BCUT2D eigenvalue weighted by Gasteiger charge is 2.23. The van der Waals surface area contributed by atoms with Gasteiger partial charge in [0.1, 0.15) is 5.70 Å². The fourth-order valence-electron chi connectivity index (χ4n) is 1.44. The summed E-state index contributed by atoms with van der Waals surface area (Å²) < 4.78 is 9.76. The van der Waals surface area contributed by atoms with Crippen molar-refractivity contribution < 1.29 is 19.1 Å². The van der Waals surface area contributed by atoms with Gasteiger partial charge in [0.2, 0.25) is 0 Å². The maximum Gasteiger partial charge on any atom is 0.360 e. The third kappa shape index (κ3) is 2.62. The van der Waals surface area contributed by atoms with Gasteiger partial charge >= 0.3 is 11.9 Å². The van der Waals surface area contributed by atoms with Crippen LogP contribution in [0.1, 0.15) is 6.92 Å². The van der Waals surface area contributed by atoms with Crippen molar-refractivity contribution in [2.24, 2.45) is 0 Å². The number of carbonyl (C=O) groups is 2. The molecule has 0 bridgehead atoms. The summed E-state index contributed by atoms with van der Waals surface area (Å²) in [7, 11) is 0. The quantitative estimate of drug-likeness (QED) is 0.505. The van der Waals surface area contributed by atoms with Crippen LogP contribution in [0.2, 0.25) is 5.02 Å². The van der Waals surface area contributed by atoms with Gasteiger partial charge in [0.15, 0.2) is 5.75 Å². The molecule has 1 aromatic carbocycles. The Morgan fingerprint density at radius 1 is 1.56 bits per heavy atom. The number of rotatable bonds is 2. The Balaban J connectivity index is 2.27. The van der Waals surface area contributed by atoms with E-state index < -0.39 is 11.9 Å². The van der Waals surface area contributed by atoms with E-state index in [9.17, 15) is 9.59 Å². The van der Waals surface area contributed by atoms with Crippen LogP contribution in [-0.2, 0) is 14.3 Å². The second-order valence-electron chi connectivity index (χ2n) is 3.47. The maximum atomic E-state index is 11.6. The average Bonchev–Trinajstić information content (AvgIpc) is 2.31. The van der Waals surface area contributed by atoms with Gasteiger partial charge in [-0.25, -0.2) is 9.59 Å². The van der Waals surface area contributed by atoms with E-state index in [1.54, 1.807) is 25.1 Å². The van der Waals surface area contributed by atoms with Crippen LogP contribution >= 0.6 is 11.6 Å². The fraction of sp³-hybridized carbons (Fsp3) is 0.167. The fourth-order valence-corrected chi connectivity index (χ4v) is 1.61. The molecule has 1 aliphatic rings. The Kier molecular flexibility index (Phi) is 3.53. The minimum absolute atomic E-state index is 0.0169. The minimum atomic E-state index is -0.641. The lowest BCUT2D eigenvalue weighted by atomic mass is 10.2. The van der Waals surface area contributed by atoms with Gasteiger partial charge in [-0.1, -0.05) is 11.6 Å². The van der Waals surface area contributed by atoms with Crippen molar-refractivity contribution in [3.05, 3.63) is 35.0 Å². The van der Waals surface area contributed by atoms with Gasteiger partial charge in [0.05, 0.1) is 18.4 Å². The Bertz CT molecular complexity index is 539. The van der Waals surface area contributed by atoms with Crippen molar-refractivity contribution in [1.82, 2.24) is 0 Å². The molecule has 5 nitrogen and oxygen atoms in total. The SMILES string of the molecule is CCOC(=O)/C=C1\Nc2cc(Cl)ccc2OC1=O. The molecule has 0 radical (unpaired) electrons. The van der Waals surface area contributed by atoms with Crippen LogP contribution in [0.15, 0.2) is 30.0 Å². The number of anilines is 1. The van der Waals surface area contributed by atoms with Crippen LogP contribution in [-0.4, -0.2) is 18.5 Å². The first-order chi connectivity index (χ1) is 8.60. The Hall–Kier alpha value is -2.01. The molecule has 18 heavy (non-hydrogen) atoms. The molecule has 0 aromatic heterocycles. The molecule has 0 atom stereocenters. The molecule has 6 heteroatoms. The zero-order chi connectivity index (χ0) is 13.1. The first-order valence-corrected chi connectivity index (χ1v) is 5.65. The Morgan fingerprint density at radius 2 is 2.33 bits per heavy atom. The first kappa shape index (κ1) is 12.4. The molecule has 1 aromatic rings. The van der Waals surface area contributed by atoms with E-state index in [4.69, 9.17) is 21.1 Å². The third-order valence-electron chi connectivity index (χ3n) is 2.18. The van der Waals surface area contributed by atoms with Gasteiger partial charge in [-0.3, -0.25) is 0 Å². The Morgan fingerprint density at radius 3 is 3.06 bits per heavy atom. The summed E-state index contributed by atoms with van der Waals surface area (Å²) in [5.41, 5.74) is 0.542. The van der Waals surface area contributed by atoms with E-state index in [2.05, 4.69) is 5.32 Å². The predicted molar refractivity (Wildman–Crippen MR) is 65.4 cm³/mol. The molecule has 0 amide bonds. The average molecular weight is 268 g/mol. The summed E-state index contributed by atoms with van der Waals surface area (Å²) in [6.45, 7) is 1.91. The summed E-state index contributed by atoms with van der Waals surface area (Å²) in [4.78, 5) is 22.9. The lowest BCUT2D eigenvalue weighted by molar-refractivity contribution is -0.138. The van der Waals surface area contributed by atoms with Crippen LogP contribution < -0.4 is 10.1 Å². The lowest BCUT2D eigenvalue weighted by Gasteiger charge is -2.19. The highest BCUT2D eigenvalue weighted by molar-refractivity contribution is 6.31. The molecular formula is C12H10ClNO4. The normalized spacial score (nSPS) is 15.7. The highest BCUT2D eigenvalue weighted by atomic mass is 35.5. The zero-order valence-electron chi connectivity index (χ0n) is 9.53. The van der Waals surface area contributed by atoms with E-state index >= 15 is 0 Å². The van der Waals surface area contributed by atoms with E-state index in [1.165, 1.54) is 0 Å². The number of fused-ring (bicyclic) bond motifs is 1. The number of benzene rings is 1. The van der Waals surface area contributed by atoms with Crippen molar-refractivity contribution in [2.45, 2.75) is 6.92 Å².